The summed E-state index contributed by atoms with van der Waals surface area (Å²) in [6, 6.07) is 8.11. The van der Waals surface area contributed by atoms with Crippen LogP contribution in [0.4, 0.5) is 5.69 Å². The summed E-state index contributed by atoms with van der Waals surface area (Å²) < 4.78 is 1.63. The molecule has 102 valence electrons. The molecule has 1 aromatic carbocycles. The summed E-state index contributed by atoms with van der Waals surface area (Å²) in [6.07, 6.45) is 1.58. The van der Waals surface area contributed by atoms with Crippen molar-refractivity contribution in [1.29, 1.82) is 0 Å². The van der Waals surface area contributed by atoms with E-state index in [1.165, 1.54) is 0 Å². The fourth-order valence-corrected chi connectivity index (χ4v) is 2.63. The number of tetrazole rings is 1. The lowest BCUT2D eigenvalue weighted by atomic mass is 10.2. The van der Waals surface area contributed by atoms with Gasteiger partial charge in [0.05, 0.1) is 22.4 Å². The molecule has 1 atom stereocenters. The van der Waals surface area contributed by atoms with Crippen molar-refractivity contribution in [2.24, 2.45) is 0 Å². The number of aromatic nitrogens is 5. The molecule has 0 fully saturated rings. The molecule has 3 rings (SSSR count). The average Bonchev–Trinajstić information content (AvgIpc) is 3.10. The van der Waals surface area contributed by atoms with Crippen LogP contribution >= 0.6 is 11.3 Å². The van der Waals surface area contributed by atoms with Crippen LogP contribution in [0.25, 0.3) is 5.69 Å². The van der Waals surface area contributed by atoms with Crippen molar-refractivity contribution in [3.05, 3.63) is 46.7 Å². The van der Waals surface area contributed by atoms with Crippen molar-refractivity contribution in [3.63, 3.8) is 0 Å². The standard InChI is InChI=1S/C13H14N6S/c1-9(13-7-20-10(2)16-13)15-11-4-3-5-12(6-11)19-8-14-17-18-19/h3-9,15H,1-2H3. The zero-order valence-electron chi connectivity index (χ0n) is 11.2. The van der Waals surface area contributed by atoms with E-state index < -0.39 is 0 Å². The Kier molecular flexibility index (Phi) is 3.42. The van der Waals surface area contributed by atoms with Gasteiger partial charge in [0.2, 0.25) is 0 Å². The lowest BCUT2D eigenvalue weighted by Gasteiger charge is -2.13. The van der Waals surface area contributed by atoms with Gasteiger partial charge in [-0.2, -0.15) is 0 Å². The van der Waals surface area contributed by atoms with Crippen LogP contribution in [0, 0.1) is 6.92 Å². The molecule has 0 aliphatic carbocycles. The Morgan fingerprint density at radius 2 is 2.25 bits per heavy atom. The lowest BCUT2D eigenvalue weighted by molar-refractivity contribution is 0.788. The molecule has 2 aromatic heterocycles. The van der Waals surface area contributed by atoms with Crippen molar-refractivity contribution < 1.29 is 0 Å². The van der Waals surface area contributed by atoms with E-state index in [0.717, 1.165) is 22.1 Å². The highest BCUT2D eigenvalue weighted by molar-refractivity contribution is 7.09. The van der Waals surface area contributed by atoms with E-state index >= 15 is 0 Å². The first-order valence-electron chi connectivity index (χ1n) is 6.24. The second-order valence-electron chi connectivity index (χ2n) is 4.46. The third kappa shape index (κ3) is 2.67. The first kappa shape index (κ1) is 12.7. The number of benzene rings is 1. The van der Waals surface area contributed by atoms with Gasteiger partial charge in [-0.25, -0.2) is 9.67 Å². The molecule has 0 aliphatic heterocycles. The van der Waals surface area contributed by atoms with Crippen LogP contribution in [0.1, 0.15) is 23.7 Å². The van der Waals surface area contributed by atoms with Crippen LogP contribution in [0.3, 0.4) is 0 Å². The Morgan fingerprint density at radius 3 is 2.95 bits per heavy atom. The Balaban J connectivity index is 1.79. The number of aryl methyl sites for hydroxylation is 1. The molecule has 0 radical (unpaired) electrons. The smallest absolute Gasteiger partial charge is 0.143 e. The van der Waals surface area contributed by atoms with E-state index in [1.54, 1.807) is 22.3 Å². The SMILES string of the molecule is Cc1nc(C(C)Nc2cccc(-n3cnnn3)c2)cs1. The van der Waals surface area contributed by atoms with Gasteiger partial charge in [-0.1, -0.05) is 6.07 Å². The molecule has 0 spiro atoms. The Labute approximate surface area is 120 Å². The number of anilines is 1. The van der Waals surface area contributed by atoms with Crippen LogP contribution in [-0.4, -0.2) is 25.2 Å². The van der Waals surface area contributed by atoms with E-state index in [9.17, 15) is 0 Å². The maximum atomic E-state index is 4.50. The molecular formula is C13H14N6S. The summed E-state index contributed by atoms with van der Waals surface area (Å²) in [4.78, 5) is 4.50. The number of rotatable bonds is 4. The average molecular weight is 286 g/mol. The minimum Gasteiger partial charge on any atom is -0.377 e. The Hall–Kier alpha value is -2.28. The molecule has 1 N–H and O–H groups in total. The molecule has 3 aromatic rings. The van der Waals surface area contributed by atoms with Gasteiger partial charge < -0.3 is 5.32 Å². The zero-order valence-corrected chi connectivity index (χ0v) is 12.0. The maximum absolute atomic E-state index is 4.50. The van der Waals surface area contributed by atoms with E-state index in [0.29, 0.717) is 0 Å². The largest absolute Gasteiger partial charge is 0.377 e. The van der Waals surface area contributed by atoms with E-state index in [-0.39, 0.29) is 6.04 Å². The first-order chi connectivity index (χ1) is 9.72. The van der Waals surface area contributed by atoms with Crippen molar-refractivity contribution in [3.8, 4) is 5.69 Å². The van der Waals surface area contributed by atoms with E-state index in [2.05, 4.69) is 38.1 Å². The Morgan fingerprint density at radius 1 is 1.35 bits per heavy atom. The first-order valence-corrected chi connectivity index (χ1v) is 7.12. The fourth-order valence-electron chi connectivity index (χ4n) is 1.92. The van der Waals surface area contributed by atoms with Gasteiger partial charge in [0, 0.05) is 11.1 Å². The topological polar surface area (TPSA) is 68.5 Å². The van der Waals surface area contributed by atoms with E-state index in [4.69, 9.17) is 0 Å². The van der Waals surface area contributed by atoms with Gasteiger partial charge in [-0.15, -0.1) is 16.4 Å². The highest BCUT2D eigenvalue weighted by Gasteiger charge is 2.09. The highest BCUT2D eigenvalue weighted by Crippen LogP contribution is 2.22. The van der Waals surface area contributed by atoms with Crippen LogP contribution in [0.5, 0.6) is 0 Å². The van der Waals surface area contributed by atoms with Crippen molar-refractivity contribution >= 4 is 17.0 Å². The van der Waals surface area contributed by atoms with Gasteiger partial charge in [0.25, 0.3) is 0 Å². The third-order valence-corrected chi connectivity index (χ3v) is 3.72. The Bertz CT molecular complexity index is 690. The molecule has 7 heteroatoms. The predicted octanol–water partition coefficient (Wildman–Crippen LogP) is 2.60. The molecule has 20 heavy (non-hydrogen) atoms. The maximum Gasteiger partial charge on any atom is 0.143 e. The molecule has 0 saturated heterocycles. The summed E-state index contributed by atoms with van der Waals surface area (Å²) in [5.74, 6) is 0. The number of hydrogen-bond donors (Lipinski definition) is 1. The predicted molar refractivity (Wildman–Crippen MR) is 78.0 cm³/mol. The van der Waals surface area contributed by atoms with Gasteiger partial charge in [-0.3, -0.25) is 0 Å². The van der Waals surface area contributed by atoms with Crippen molar-refractivity contribution in [2.75, 3.05) is 5.32 Å². The minimum atomic E-state index is 0.157. The zero-order chi connectivity index (χ0) is 13.9. The number of thiazole rings is 1. The van der Waals surface area contributed by atoms with Crippen LogP contribution < -0.4 is 5.32 Å². The second-order valence-corrected chi connectivity index (χ2v) is 5.52. The molecule has 1 unspecified atom stereocenters. The van der Waals surface area contributed by atoms with Gasteiger partial charge in [0.1, 0.15) is 6.33 Å². The molecule has 0 aliphatic rings. The summed E-state index contributed by atoms with van der Waals surface area (Å²) in [7, 11) is 0. The van der Waals surface area contributed by atoms with E-state index in [1.807, 2.05) is 31.2 Å². The van der Waals surface area contributed by atoms with Gasteiger partial charge >= 0.3 is 0 Å². The molecule has 0 bridgehead atoms. The summed E-state index contributed by atoms with van der Waals surface area (Å²) in [6.45, 7) is 4.11. The number of nitrogens with zero attached hydrogens (tertiary/aromatic N) is 5. The van der Waals surface area contributed by atoms with Crippen LogP contribution in [0.15, 0.2) is 36.0 Å². The molecule has 0 amide bonds. The minimum absolute atomic E-state index is 0.157. The summed E-state index contributed by atoms with van der Waals surface area (Å²) in [5, 5.41) is 17.8. The highest BCUT2D eigenvalue weighted by atomic mass is 32.1. The quantitative estimate of drug-likeness (QED) is 0.798. The summed E-state index contributed by atoms with van der Waals surface area (Å²) in [5.41, 5.74) is 2.98. The molecule has 6 nitrogen and oxygen atoms in total. The number of nitrogens with one attached hydrogen (secondary N) is 1. The molecule has 0 saturated carbocycles. The lowest BCUT2D eigenvalue weighted by Crippen LogP contribution is -2.07. The van der Waals surface area contributed by atoms with Crippen LogP contribution in [0.2, 0.25) is 0 Å². The summed E-state index contributed by atoms with van der Waals surface area (Å²) >= 11 is 1.66. The molecule has 2 heterocycles. The number of hydrogen-bond acceptors (Lipinski definition) is 6. The molecular weight excluding hydrogens is 272 g/mol. The fraction of sp³-hybridized carbons (Fsp3) is 0.231. The van der Waals surface area contributed by atoms with Gasteiger partial charge in [-0.05, 0) is 42.5 Å². The second kappa shape index (κ2) is 5.38. The van der Waals surface area contributed by atoms with Crippen molar-refractivity contribution in [2.45, 2.75) is 19.9 Å². The normalized spacial score (nSPS) is 12.3. The monoisotopic (exact) mass is 286 g/mol. The van der Waals surface area contributed by atoms with Crippen LogP contribution in [-0.2, 0) is 0 Å². The van der Waals surface area contributed by atoms with Crippen molar-refractivity contribution in [1.82, 2.24) is 25.2 Å². The van der Waals surface area contributed by atoms with Gasteiger partial charge in [0.15, 0.2) is 0 Å². The third-order valence-electron chi connectivity index (χ3n) is 2.92.